The summed E-state index contributed by atoms with van der Waals surface area (Å²) in [5, 5.41) is 9.59. The van der Waals surface area contributed by atoms with Gasteiger partial charge in [0.15, 0.2) is 5.16 Å². The van der Waals surface area contributed by atoms with Gasteiger partial charge in [0.05, 0.1) is 0 Å². The van der Waals surface area contributed by atoms with Gasteiger partial charge in [-0.15, -0.1) is 0 Å². The Balaban J connectivity index is 2.73. The van der Waals surface area contributed by atoms with Gasteiger partial charge in [0, 0.05) is 22.7 Å². The predicted molar refractivity (Wildman–Crippen MR) is 73.0 cm³/mol. The molecule has 0 aliphatic heterocycles. The number of aliphatic carboxylic acids is 1. The normalized spacial score (nSPS) is 11.7. The molecule has 0 aliphatic carbocycles. The molecule has 0 radical (unpaired) electrons. The van der Waals surface area contributed by atoms with Crippen LogP contribution in [0.4, 0.5) is 0 Å². The Morgan fingerprint density at radius 2 is 1.83 bits per heavy atom. The van der Waals surface area contributed by atoms with E-state index < -0.39 is 5.97 Å². The Morgan fingerprint density at radius 3 is 2.28 bits per heavy atom. The summed E-state index contributed by atoms with van der Waals surface area (Å²) >= 11 is 1.46. The van der Waals surface area contributed by atoms with Gasteiger partial charge in [-0.2, -0.15) is 0 Å². The number of nitrogens with zero attached hydrogens (tertiary/aromatic N) is 2. The van der Waals surface area contributed by atoms with Crippen molar-refractivity contribution in [2.24, 2.45) is 0 Å². The summed E-state index contributed by atoms with van der Waals surface area (Å²) in [5.41, 5.74) is 3.49. The fraction of sp³-hybridized carbons (Fsp3) is 0.462. The van der Waals surface area contributed by atoms with Crippen LogP contribution in [0.2, 0.25) is 0 Å². The number of aromatic nitrogens is 2. The summed E-state index contributed by atoms with van der Waals surface area (Å²) in [6.07, 6.45) is 2.25. The summed E-state index contributed by atoms with van der Waals surface area (Å²) in [7, 11) is 0. The molecule has 4 nitrogen and oxygen atoms in total. The molecule has 0 saturated carbocycles. The number of hydrogen-bond acceptors (Lipinski definition) is 4. The molecular formula is C13H18N2O2S. The van der Waals surface area contributed by atoms with Gasteiger partial charge in [-0.25, -0.2) is 14.8 Å². The van der Waals surface area contributed by atoms with Crippen LogP contribution in [0.15, 0.2) is 16.8 Å². The molecule has 1 aromatic heterocycles. The van der Waals surface area contributed by atoms with E-state index in [9.17, 15) is 4.79 Å². The second-order valence-corrected chi connectivity index (χ2v) is 4.99. The SMILES string of the molecule is CCC(=CCSc1nc(C)c(C)c(C)n1)C(=O)O. The van der Waals surface area contributed by atoms with Crippen LogP contribution < -0.4 is 0 Å². The molecule has 1 heterocycles. The largest absolute Gasteiger partial charge is 0.478 e. The van der Waals surface area contributed by atoms with E-state index in [4.69, 9.17) is 5.11 Å². The van der Waals surface area contributed by atoms with Crippen molar-refractivity contribution < 1.29 is 9.90 Å². The number of carboxylic acid groups (broad SMARTS) is 1. The molecule has 18 heavy (non-hydrogen) atoms. The maximum absolute atomic E-state index is 10.8. The highest BCUT2D eigenvalue weighted by molar-refractivity contribution is 7.99. The molecule has 1 aromatic rings. The summed E-state index contributed by atoms with van der Waals surface area (Å²) in [6, 6.07) is 0. The molecule has 0 fully saturated rings. The molecule has 0 atom stereocenters. The Labute approximate surface area is 112 Å². The van der Waals surface area contributed by atoms with E-state index in [2.05, 4.69) is 9.97 Å². The summed E-state index contributed by atoms with van der Waals surface area (Å²) in [5.74, 6) is -0.271. The monoisotopic (exact) mass is 266 g/mol. The highest BCUT2D eigenvalue weighted by Crippen LogP contribution is 2.18. The van der Waals surface area contributed by atoms with Crippen LogP contribution in [0.5, 0.6) is 0 Å². The van der Waals surface area contributed by atoms with Crippen molar-refractivity contribution >= 4 is 17.7 Å². The van der Waals surface area contributed by atoms with E-state index in [0.717, 1.165) is 17.0 Å². The van der Waals surface area contributed by atoms with Gasteiger partial charge in [0.25, 0.3) is 0 Å². The van der Waals surface area contributed by atoms with Crippen molar-refractivity contribution in [2.75, 3.05) is 5.75 Å². The molecule has 0 aliphatic rings. The zero-order valence-electron chi connectivity index (χ0n) is 11.1. The fourth-order valence-electron chi connectivity index (χ4n) is 1.41. The first-order valence-electron chi connectivity index (χ1n) is 5.82. The zero-order chi connectivity index (χ0) is 13.7. The fourth-order valence-corrected chi connectivity index (χ4v) is 2.24. The second-order valence-electron chi connectivity index (χ2n) is 4.00. The van der Waals surface area contributed by atoms with Crippen molar-refractivity contribution in [2.45, 2.75) is 39.3 Å². The molecule has 1 N–H and O–H groups in total. The number of aryl methyl sites for hydroxylation is 2. The van der Waals surface area contributed by atoms with E-state index >= 15 is 0 Å². The quantitative estimate of drug-likeness (QED) is 0.504. The Bertz CT molecular complexity index is 461. The van der Waals surface area contributed by atoms with Crippen molar-refractivity contribution in [1.29, 1.82) is 0 Å². The third-order valence-electron chi connectivity index (χ3n) is 2.81. The van der Waals surface area contributed by atoms with E-state index in [1.807, 2.05) is 27.7 Å². The van der Waals surface area contributed by atoms with E-state index in [1.54, 1.807) is 6.08 Å². The van der Waals surface area contributed by atoms with Gasteiger partial charge in [0.2, 0.25) is 0 Å². The third-order valence-corrected chi connectivity index (χ3v) is 3.58. The molecule has 0 saturated heterocycles. The zero-order valence-corrected chi connectivity index (χ0v) is 12.0. The Morgan fingerprint density at radius 1 is 1.28 bits per heavy atom. The maximum atomic E-state index is 10.8. The van der Waals surface area contributed by atoms with Crippen molar-refractivity contribution in [3.05, 3.63) is 28.6 Å². The number of thioether (sulfide) groups is 1. The lowest BCUT2D eigenvalue weighted by Gasteiger charge is -2.05. The number of rotatable bonds is 5. The highest BCUT2D eigenvalue weighted by Gasteiger charge is 2.06. The third kappa shape index (κ3) is 3.84. The Kier molecular flexibility index (Phi) is 5.34. The summed E-state index contributed by atoms with van der Waals surface area (Å²) in [6.45, 7) is 7.75. The van der Waals surface area contributed by atoms with Gasteiger partial charge in [-0.1, -0.05) is 24.8 Å². The molecule has 0 bridgehead atoms. The molecule has 5 heteroatoms. The van der Waals surface area contributed by atoms with E-state index in [1.165, 1.54) is 11.8 Å². The minimum atomic E-state index is -0.852. The van der Waals surface area contributed by atoms with Crippen LogP contribution in [0.1, 0.15) is 30.3 Å². The highest BCUT2D eigenvalue weighted by atomic mass is 32.2. The van der Waals surface area contributed by atoms with Crippen LogP contribution >= 0.6 is 11.8 Å². The van der Waals surface area contributed by atoms with Crippen LogP contribution in [0.3, 0.4) is 0 Å². The van der Waals surface area contributed by atoms with Crippen molar-refractivity contribution in [1.82, 2.24) is 9.97 Å². The molecule has 98 valence electrons. The minimum absolute atomic E-state index is 0.433. The molecular weight excluding hydrogens is 248 g/mol. The van der Waals surface area contributed by atoms with Crippen molar-refractivity contribution in [3.63, 3.8) is 0 Å². The lowest BCUT2D eigenvalue weighted by molar-refractivity contribution is -0.132. The standard InChI is InChI=1S/C13H18N2O2S/c1-5-11(12(16)17)6-7-18-13-14-9(3)8(2)10(4)15-13/h6H,5,7H2,1-4H3,(H,16,17). The predicted octanol–water partition coefficient (Wildman–Crippen LogP) is 2.91. The first-order chi connectivity index (χ1) is 8.45. The lowest BCUT2D eigenvalue weighted by atomic mass is 10.2. The van der Waals surface area contributed by atoms with Gasteiger partial charge < -0.3 is 5.11 Å². The summed E-state index contributed by atoms with van der Waals surface area (Å²) < 4.78 is 0. The van der Waals surface area contributed by atoms with Crippen LogP contribution in [0.25, 0.3) is 0 Å². The van der Waals surface area contributed by atoms with Gasteiger partial charge in [-0.05, 0) is 32.8 Å². The van der Waals surface area contributed by atoms with E-state index in [0.29, 0.717) is 22.9 Å². The average Bonchev–Trinajstić information content (AvgIpc) is 2.31. The molecule has 0 spiro atoms. The molecule has 0 unspecified atom stereocenters. The second kappa shape index (κ2) is 6.54. The average molecular weight is 266 g/mol. The number of hydrogen-bond donors (Lipinski definition) is 1. The number of carbonyl (C=O) groups is 1. The smallest absolute Gasteiger partial charge is 0.331 e. The van der Waals surface area contributed by atoms with Gasteiger partial charge >= 0.3 is 5.97 Å². The van der Waals surface area contributed by atoms with Crippen LogP contribution in [0, 0.1) is 20.8 Å². The first kappa shape index (κ1) is 14.7. The first-order valence-corrected chi connectivity index (χ1v) is 6.81. The van der Waals surface area contributed by atoms with Gasteiger partial charge in [-0.3, -0.25) is 0 Å². The molecule has 1 rings (SSSR count). The van der Waals surface area contributed by atoms with Crippen LogP contribution in [-0.4, -0.2) is 26.8 Å². The lowest BCUT2D eigenvalue weighted by Crippen LogP contribution is -2.00. The Hall–Kier alpha value is -1.36. The van der Waals surface area contributed by atoms with Gasteiger partial charge in [0.1, 0.15) is 0 Å². The topological polar surface area (TPSA) is 63.1 Å². The minimum Gasteiger partial charge on any atom is -0.478 e. The summed E-state index contributed by atoms with van der Waals surface area (Å²) in [4.78, 5) is 19.6. The van der Waals surface area contributed by atoms with Crippen molar-refractivity contribution in [3.8, 4) is 0 Å². The maximum Gasteiger partial charge on any atom is 0.331 e. The number of carboxylic acids is 1. The van der Waals surface area contributed by atoms with Crippen LogP contribution in [-0.2, 0) is 4.79 Å². The van der Waals surface area contributed by atoms with E-state index in [-0.39, 0.29) is 0 Å². The molecule has 0 aromatic carbocycles. The molecule has 0 amide bonds.